The maximum atomic E-state index is 12.3. The van der Waals surface area contributed by atoms with Crippen molar-refractivity contribution in [1.82, 2.24) is 9.88 Å². The van der Waals surface area contributed by atoms with E-state index in [9.17, 15) is 4.79 Å². The van der Waals surface area contributed by atoms with Crippen molar-refractivity contribution in [3.63, 3.8) is 0 Å². The van der Waals surface area contributed by atoms with Gasteiger partial charge < -0.3 is 14.6 Å². The summed E-state index contributed by atoms with van der Waals surface area (Å²) in [5.74, 6) is 0. The quantitative estimate of drug-likeness (QED) is 0.920. The maximum Gasteiger partial charge on any atom is 0.410 e. The lowest BCUT2D eigenvalue weighted by Gasteiger charge is -2.30. The van der Waals surface area contributed by atoms with Crippen LogP contribution < -0.4 is 0 Å². The van der Waals surface area contributed by atoms with Crippen molar-refractivity contribution in [1.29, 1.82) is 0 Å². The zero-order chi connectivity index (χ0) is 15.6. The van der Waals surface area contributed by atoms with Crippen molar-refractivity contribution in [2.45, 2.75) is 72.4 Å². The summed E-state index contributed by atoms with van der Waals surface area (Å²) in [5, 5.41) is 0. The first kappa shape index (κ1) is 15.9. The topological polar surface area (TPSA) is 45.3 Å². The number of fused-ring (bicyclic) bond motifs is 1. The first-order valence-electron chi connectivity index (χ1n) is 8.05. The largest absolute Gasteiger partial charge is 0.444 e. The zero-order valence-corrected chi connectivity index (χ0v) is 14.0. The second-order valence-corrected chi connectivity index (χ2v) is 6.79. The molecule has 1 N–H and O–H groups in total. The van der Waals surface area contributed by atoms with Gasteiger partial charge in [0.15, 0.2) is 0 Å². The third-order valence-electron chi connectivity index (χ3n) is 3.88. The second kappa shape index (κ2) is 6.12. The number of amides is 1. The van der Waals surface area contributed by atoms with E-state index in [1.54, 1.807) is 0 Å². The molecule has 1 aromatic rings. The van der Waals surface area contributed by atoms with Crippen LogP contribution in [0.15, 0.2) is 0 Å². The number of carbonyl (C=O) groups is 1. The Hall–Kier alpha value is -1.45. The number of aromatic nitrogens is 1. The number of ether oxygens (including phenoxy) is 1. The van der Waals surface area contributed by atoms with Gasteiger partial charge in [-0.15, -0.1) is 0 Å². The normalized spacial score (nSPS) is 15.0. The molecule has 4 nitrogen and oxygen atoms in total. The van der Waals surface area contributed by atoms with Crippen molar-refractivity contribution in [3.05, 3.63) is 22.5 Å². The maximum absolute atomic E-state index is 12.3. The molecule has 1 aromatic heterocycles. The van der Waals surface area contributed by atoms with Crippen LogP contribution in [-0.2, 0) is 30.5 Å². The van der Waals surface area contributed by atoms with Crippen LogP contribution in [0.3, 0.4) is 0 Å². The van der Waals surface area contributed by atoms with E-state index < -0.39 is 5.60 Å². The van der Waals surface area contributed by atoms with E-state index in [0.29, 0.717) is 6.54 Å². The van der Waals surface area contributed by atoms with Crippen molar-refractivity contribution >= 4 is 6.09 Å². The Balaban J connectivity index is 2.19. The lowest BCUT2D eigenvalue weighted by Crippen LogP contribution is -2.40. The summed E-state index contributed by atoms with van der Waals surface area (Å²) in [4.78, 5) is 17.7. The number of aromatic amines is 1. The van der Waals surface area contributed by atoms with Gasteiger partial charge in [-0.25, -0.2) is 4.79 Å². The van der Waals surface area contributed by atoms with Crippen LogP contribution in [-0.4, -0.2) is 28.1 Å². The molecular weight excluding hydrogens is 264 g/mol. The molecule has 2 rings (SSSR count). The molecule has 2 heterocycles. The lowest BCUT2D eigenvalue weighted by molar-refractivity contribution is 0.0223. The molecule has 4 heteroatoms. The fourth-order valence-corrected chi connectivity index (χ4v) is 2.95. The molecule has 0 fully saturated rings. The Morgan fingerprint density at radius 1 is 1.33 bits per heavy atom. The first-order chi connectivity index (χ1) is 9.85. The van der Waals surface area contributed by atoms with Crippen LogP contribution in [0.2, 0.25) is 0 Å². The Morgan fingerprint density at radius 3 is 2.62 bits per heavy atom. The van der Waals surface area contributed by atoms with Crippen LogP contribution in [0, 0.1) is 0 Å². The monoisotopic (exact) mass is 292 g/mol. The van der Waals surface area contributed by atoms with E-state index in [2.05, 4.69) is 18.8 Å². The third kappa shape index (κ3) is 3.60. The van der Waals surface area contributed by atoms with Gasteiger partial charge in [-0.05, 0) is 44.7 Å². The number of hydrogen-bond acceptors (Lipinski definition) is 2. The van der Waals surface area contributed by atoms with E-state index in [-0.39, 0.29) is 6.09 Å². The van der Waals surface area contributed by atoms with Crippen molar-refractivity contribution in [2.75, 3.05) is 6.54 Å². The van der Waals surface area contributed by atoms with Gasteiger partial charge in [0.05, 0.1) is 6.54 Å². The predicted octanol–water partition coefficient (Wildman–Crippen LogP) is 3.82. The number of nitrogens with one attached hydrogen (secondary N) is 1. The number of H-pyrrole nitrogens is 1. The highest BCUT2D eigenvalue weighted by molar-refractivity contribution is 5.68. The molecule has 0 unspecified atom stereocenters. The van der Waals surface area contributed by atoms with Crippen molar-refractivity contribution in [3.8, 4) is 0 Å². The summed E-state index contributed by atoms with van der Waals surface area (Å²) >= 11 is 0. The molecule has 0 saturated heterocycles. The predicted molar refractivity (Wildman–Crippen MR) is 84.5 cm³/mol. The Morgan fingerprint density at radius 2 is 2.05 bits per heavy atom. The molecule has 0 saturated carbocycles. The molecule has 118 valence electrons. The number of hydrogen-bond donors (Lipinski definition) is 1. The van der Waals surface area contributed by atoms with Gasteiger partial charge in [-0.3, -0.25) is 0 Å². The minimum atomic E-state index is -0.434. The molecule has 0 bridgehead atoms. The number of carbonyl (C=O) groups excluding carboxylic acids is 1. The molecule has 0 radical (unpaired) electrons. The van der Waals surface area contributed by atoms with Crippen LogP contribution in [0.5, 0.6) is 0 Å². The smallest absolute Gasteiger partial charge is 0.410 e. The van der Waals surface area contributed by atoms with Crippen LogP contribution in [0.1, 0.15) is 63.6 Å². The van der Waals surface area contributed by atoms with Crippen LogP contribution >= 0.6 is 0 Å². The van der Waals surface area contributed by atoms with E-state index in [1.165, 1.54) is 22.5 Å². The van der Waals surface area contributed by atoms with Crippen molar-refractivity contribution in [2.24, 2.45) is 0 Å². The molecule has 0 atom stereocenters. The van der Waals surface area contributed by atoms with E-state index >= 15 is 0 Å². The highest BCUT2D eigenvalue weighted by Crippen LogP contribution is 2.28. The molecular formula is C17H28N2O2. The van der Waals surface area contributed by atoms with Gasteiger partial charge in [-0.2, -0.15) is 0 Å². The summed E-state index contributed by atoms with van der Waals surface area (Å²) in [6, 6.07) is 0. The van der Waals surface area contributed by atoms with Gasteiger partial charge in [0.2, 0.25) is 0 Å². The second-order valence-electron chi connectivity index (χ2n) is 6.79. The Kier molecular flexibility index (Phi) is 4.64. The summed E-state index contributed by atoms with van der Waals surface area (Å²) in [7, 11) is 0. The highest BCUT2D eigenvalue weighted by atomic mass is 16.6. The summed E-state index contributed by atoms with van der Waals surface area (Å²) < 4.78 is 5.50. The average molecular weight is 292 g/mol. The molecule has 1 aliphatic heterocycles. The van der Waals surface area contributed by atoms with E-state index in [1.807, 2.05) is 25.7 Å². The highest BCUT2D eigenvalue weighted by Gasteiger charge is 2.28. The average Bonchev–Trinajstić information content (AvgIpc) is 2.74. The SMILES string of the molecule is CCCc1c(CC)[nH]c2c1CN(C(=O)OC(C)(C)C)CC2. The van der Waals surface area contributed by atoms with E-state index in [0.717, 1.165) is 32.2 Å². The molecule has 0 aromatic carbocycles. The Bertz CT molecular complexity index is 512. The minimum absolute atomic E-state index is 0.199. The van der Waals surface area contributed by atoms with Gasteiger partial charge in [0, 0.05) is 24.4 Å². The van der Waals surface area contributed by atoms with Crippen LogP contribution in [0.4, 0.5) is 4.79 Å². The fraction of sp³-hybridized carbons (Fsp3) is 0.706. The number of rotatable bonds is 3. The zero-order valence-electron chi connectivity index (χ0n) is 14.0. The molecule has 0 aliphatic carbocycles. The van der Waals surface area contributed by atoms with Gasteiger partial charge in [-0.1, -0.05) is 20.3 Å². The third-order valence-corrected chi connectivity index (χ3v) is 3.88. The van der Waals surface area contributed by atoms with Gasteiger partial charge in [0.1, 0.15) is 5.60 Å². The van der Waals surface area contributed by atoms with Gasteiger partial charge >= 0.3 is 6.09 Å². The summed E-state index contributed by atoms with van der Waals surface area (Å²) in [5.41, 5.74) is 4.97. The molecule has 21 heavy (non-hydrogen) atoms. The molecule has 1 aliphatic rings. The molecule has 1 amide bonds. The minimum Gasteiger partial charge on any atom is -0.444 e. The van der Waals surface area contributed by atoms with E-state index in [4.69, 9.17) is 4.74 Å². The Labute approximate surface area is 127 Å². The van der Waals surface area contributed by atoms with Gasteiger partial charge in [0.25, 0.3) is 0 Å². The number of nitrogens with zero attached hydrogens (tertiary/aromatic N) is 1. The standard InChI is InChI=1S/C17H28N2O2/c1-6-8-12-13-11-19(16(20)21-17(3,4)5)10-9-15(13)18-14(12)7-2/h18H,6-11H2,1-5H3. The molecule has 0 spiro atoms. The van der Waals surface area contributed by atoms with Crippen molar-refractivity contribution < 1.29 is 9.53 Å². The summed E-state index contributed by atoms with van der Waals surface area (Å²) in [6.45, 7) is 11.5. The number of aryl methyl sites for hydroxylation is 1. The first-order valence-corrected chi connectivity index (χ1v) is 8.05. The lowest BCUT2D eigenvalue weighted by atomic mass is 9.99. The fourth-order valence-electron chi connectivity index (χ4n) is 2.95. The van der Waals surface area contributed by atoms with Crippen LogP contribution in [0.25, 0.3) is 0 Å². The summed E-state index contributed by atoms with van der Waals surface area (Å²) in [6.07, 6.45) is 3.93.